The third kappa shape index (κ3) is 4.87. The lowest BCUT2D eigenvalue weighted by Crippen LogP contribution is -2.28. The summed E-state index contributed by atoms with van der Waals surface area (Å²) in [5.41, 5.74) is 2.81. The summed E-state index contributed by atoms with van der Waals surface area (Å²) in [6.07, 6.45) is 0.360. The molecule has 0 saturated carbocycles. The van der Waals surface area contributed by atoms with Crippen molar-refractivity contribution in [2.24, 2.45) is 0 Å². The Labute approximate surface area is 191 Å². The van der Waals surface area contributed by atoms with Crippen molar-refractivity contribution in [3.63, 3.8) is 0 Å². The molecule has 0 spiro atoms. The average Bonchev–Trinajstić information content (AvgIpc) is 3.12. The summed E-state index contributed by atoms with van der Waals surface area (Å²) in [6.45, 7) is 1.86. The van der Waals surface area contributed by atoms with E-state index in [-0.39, 0.29) is 29.6 Å². The molecule has 0 atom stereocenters. The van der Waals surface area contributed by atoms with Crippen molar-refractivity contribution in [1.82, 2.24) is 0 Å². The highest BCUT2D eigenvalue weighted by Gasteiger charge is 2.30. The Morgan fingerprint density at radius 1 is 0.906 bits per heavy atom. The number of benzene rings is 3. The van der Waals surface area contributed by atoms with Gasteiger partial charge in [0.1, 0.15) is 0 Å². The lowest BCUT2D eigenvalue weighted by molar-refractivity contribution is -0.121. The van der Waals surface area contributed by atoms with Crippen molar-refractivity contribution in [3.8, 4) is 0 Å². The van der Waals surface area contributed by atoms with Crippen LogP contribution in [-0.4, -0.2) is 20.2 Å². The van der Waals surface area contributed by atoms with Crippen LogP contribution in [0.1, 0.15) is 24.0 Å². The first-order chi connectivity index (χ1) is 15.3. The van der Waals surface area contributed by atoms with Gasteiger partial charge in [0.25, 0.3) is 10.0 Å². The van der Waals surface area contributed by atoms with E-state index >= 15 is 0 Å². The van der Waals surface area contributed by atoms with E-state index in [2.05, 4.69) is 16.9 Å². The molecule has 1 aliphatic heterocycles. The van der Waals surface area contributed by atoms with Crippen LogP contribution in [-0.2, 0) is 25.4 Å². The van der Waals surface area contributed by atoms with Crippen molar-refractivity contribution in [2.75, 3.05) is 9.62 Å². The molecule has 0 unspecified atom stereocenters. The van der Waals surface area contributed by atoms with Crippen LogP contribution in [0.3, 0.4) is 0 Å². The molecule has 0 aromatic heterocycles. The maximum absolute atomic E-state index is 12.8. The predicted molar refractivity (Wildman–Crippen MR) is 126 cm³/mol. The second-order valence-electron chi connectivity index (χ2n) is 7.47. The Hall–Kier alpha value is -3.10. The minimum atomic E-state index is -3.81. The maximum atomic E-state index is 12.8. The zero-order valence-electron chi connectivity index (χ0n) is 17.4. The molecule has 2 amide bonds. The molecule has 8 heteroatoms. The Kier molecular flexibility index (Phi) is 6.34. The molecule has 164 valence electrons. The van der Waals surface area contributed by atoms with Gasteiger partial charge in [-0.15, -0.1) is 11.8 Å². The summed E-state index contributed by atoms with van der Waals surface area (Å²) in [7, 11) is -3.81. The van der Waals surface area contributed by atoms with E-state index in [0.717, 1.165) is 21.8 Å². The average molecular weight is 467 g/mol. The van der Waals surface area contributed by atoms with Crippen molar-refractivity contribution < 1.29 is 18.0 Å². The zero-order chi connectivity index (χ0) is 22.7. The molecule has 1 aliphatic rings. The van der Waals surface area contributed by atoms with Gasteiger partial charge in [0.15, 0.2) is 0 Å². The number of carbonyl (C=O) groups is 2. The molecule has 4 rings (SSSR count). The highest BCUT2D eigenvalue weighted by atomic mass is 32.2. The van der Waals surface area contributed by atoms with Crippen molar-refractivity contribution >= 4 is 45.0 Å². The van der Waals surface area contributed by atoms with Gasteiger partial charge in [-0.05, 0) is 60.5 Å². The molecule has 3 aromatic carbocycles. The number of nitrogens with zero attached hydrogens (tertiary/aromatic N) is 1. The first-order valence-corrected chi connectivity index (χ1v) is 12.6. The first kappa shape index (κ1) is 22.1. The molecular formula is C24H22N2O4S2. The summed E-state index contributed by atoms with van der Waals surface area (Å²) in [4.78, 5) is 26.1. The summed E-state index contributed by atoms with van der Waals surface area (Å²) < 4.78 is 28.3. The number of carbonyl (C=O) groups excluding carboxylic acids is 2. The fourth-order valence-corrected chi connectivity index (χ4v) is 5.45. The zero-order valence-corrected chi connectivity index (χ0v) is 19.1. The Balaban J connectivity index is 1.46. The van der Waals surface area contributed by atoms with E-state index in [0.29, 0.717) is 11.4 Å². The van der Waals surface area contributed by atoms with Crippen molar-refractivity contribution in [2.45, 2.75) is 35.3 Å². The van der Waals surface area contributed by atoms with Crippen LogP contribution in [0.15, 0.2) is 82.6 Å². The minimum Gasteiger partial charge on any atom is -0.279 e. The van der Waals surface area contributed by atoms with Gasteiger partial charge in [0, 0.05) is 23.5 Å². The number of amides is 2. The third-order valence-electron chi connectivity index (χ3n) is 5.14. The van der Waals surface area contributed by atoms with Crippen molar-refractivity contribution in [3.05, 3.63) is 83.9 Å². The number of nitrogens with one attached hydrogen (secondary N) is 1. The number of hydrogen-bond donors (Lipinski definition) is 1. The van der Waals surface area contributed by atoms with Crippen LogP contribution in [0.2, 0.25) is 0 Å². The largest absolute Gasteiger partial charge is 0.279 e. The van der Waals surface area contributed by atoms with Crippen LogP contribution in [0.5, 0.6) is 0 Å². The molecule has 0 aliphatic carbocycles. The number of anilines is 2. The summed E-state index contributed by atoms with van der Waals surface area (Å²) in [6, 6.07) is 21.5. The molecule has 1 N–H and O–H groups in total. The molecule has 0 radical (unpaired) electrons. The molecule has 3 aromatic rings. The number of aryl methyl sites for hydroxylation is 1. The number of rotatable bonds is 7. The Morgan fingerprint density at radius 3 is 2.19 bits per heavy atom. The van der Waals surface area contributed by atoms with Gasteiger partial charge in [0.05, 0.1) is 16.3 Å². The normalized spacial score (nSPS) is 14.1. The fourth-order valence-electron chi connectivity index (χ4n) is 3.46. The predicted octanol–water partition coefficient (Wildman–Crippen LogP) is 4.74. The number of imide groups is 1. The van der Waals surface area contributed by atoms with Crippen LogP contribution in [0.4, 0.5) is 11.4 Å². The summed E-state index contributed by atoms with van der Waals surface area (Å²) >= 11 is 1.72. The molecule has 32 heavy (non-hydrogen) atoms. The van der Waals surface area contributed by atoms with Gasteiger partial charge >= 0.3 is 0 Å². The van der Waals surface area contributed by atoms with E-state index in [1.807, 2.05) is 37.3 Å². The van der Waals surface area contributed by atoms with E-state index in [1.54, 1.807) is 17.8 Å². The van der Waals surface area contributed by atoms with E-state index < -0.39 is 10.0 Å². The maximum Gasteiger partial charge on any atom is 0.261 e. The van der Waals surface area contributed by atoms with Crippen molar-refractivity contribution in [1.29, 1.82) is 0 Å². The minimum absolute atomic E-state index is 0.0588. The second kappa shape index (κ2) is 9.18. The molecular weight excluding hydrogens is 444 g/mol. The smallest absolute Gasteiger partial charge is 0.261 e. The summed E-state index contributed by atoms with van der Waals surface area (Å²) in [5, 5.41) is 0. The monoisotopic (exact) mass is 466 g/mol. The molecule has 1 fully saturated rings. The Bertz CT molecular complexity index is 1240. The van der Waals surface area contributed by atoms with E-state index in [9.17, 15) is 18.0 Å². The van der Waals surface area contributed by atoms with Crippen LogP contribution in [0.25, 0.3) is 0 Å². The van der Waals surface area contributed by atoms with Gasteiger partial charge in [-0.3, -0.25) is 19.2 Å². The third-order valence-corrected chi connectivity index (χ3v) is 7.61. The van der Waals surface area contributed by atoms with Gasteiger partial charge < -0.3 is 0 Å². The van der Waals surface area contributed by atoms with E-state index in [4.69, 9.17) is 0 Å². The molecule has 0 bridgehead atoms. The highest BCUT2D eigenvalue weighted by Crippen LogP contribution is 2.28. The standard InChI is InChI=1S/C24H22N2O4S2/c1-17-15-18(16-31-20-5-3-2-4-6-20)7-12-22(17)25-32(29,30)21-10-8-19(9-11-21)26-23(27)13-14-24(26)28/h2-12,15,25H,13-14,16H2,1H3. The number of thioether (sulfide) groups is 1. The molecule has 6 nitrogen and oxygen atoms in total. The second-order valence-corrected chi connectivity index (χ2v) is 10.2. The van der Waals surface area contributed by atoms with Crippen LogP contribution in [0, 0.1) is 6.92 Å². The van der Waals surface area contributed by atoms with Gasteiger partial charge in [-0.1, -0.05) is 30.3 Å². The quantitative estimate of drug-likeness (QED) is 0.402. The fraction of sp³-hybridized carbons (Fsp3) is 0.167. The molecule has 1 heterocycles. The highest BCUT2D eigenvalue weighted by molar-refractivity contribution is 7.98. The first-order valence-electron chi connectivity index (χ1n) is 10.1. The van der Waals surface area contributed by atoms with Crippen LogP contribution < -0.4 is 9.62 Å². The lowest BCUT2D eigenvalue weighted by atomic mass is 10.1. The van der Waals surface area contributed by atoms with Gasteiger partial charge in [0.2, 0.25) is 11.8 Å². The lowest BCUT2D eigenvalue weighted by Gasteiger charge is -2.15. The van der Waals surface area contributed by atoms with Crippen LogP contribution >= 0.6 is 11.8 Å². The topological polar surface area (TPSA) is 83.6 Å². The Morgan fingerprint density at radius 2 is 1.56 bits per heavy atom. The van der Waals surface area contributed by atoms with Gasteiger partial charge in [-0.2, -0.15) is 0 Å². The number of sulfonamides is 1. The molecule has 1 saturated heterocycles. The summed E-state index contributed by atoms with van der Waals surface area (Å²) in [5.74, 6) is 0.238. The van der Waals surface area contributed by atoms with E-state index in [1.165, 1.54) is 29.2 Å². The number of hydrogen-bond acceptors (Lipinski definition) is 5. The van der Waals surface area contributed by atoms with Gasteiger partial charge in [-0.25, -0.2) is 8.42 Å². The SMILES string of the molecule is Cc1cc(CSc2ccccc2)ccc1NS(=O)(=O)c1ccc(N2C(=O)CCC2=O)cc1.